The van der Waals surface area contributed by atoms with Gasteiger partial charge in [0.25, 0.3) is 0 Å². The molecule has 0 aromatic carbocycles. The number of nitriles is 1. The van der Waals surface area contributed by atoms with Crippen molar-refractivity contribution in [3.8, 4) is 17.5 Å². The summed E-state index contributed by atoms with van der Waals surface area (Å²) in [4.78, 5) is 12.0. The van der Waals surface area contributed by atoms with E-state index in [2.05, 4.69) is 36.9 Å². The van der Waals surface area contributed by atoms with Crippen LogP contribution in [0, 0.1) is 11.3 Å². The van der Waals surface area contributed by atoms with Crippen LogP contribution in [0.25, 0.3) is 22.4 Å². The molecule has 138 valence electrons. The number of rotatable bonds is 5. The summed E-state index contributed by atoms with van der Waals surface area (Å²) < 4.78 is 4.52. The molecular formula is C19H21N7S. The van der Waals surface area contributed by atoms with Crippen molar-refractivity contribution in [2.24, 2.45) is 0 Å². The quantitative estimate of drug-likeness (QED) is 0.686. The van der Waals surface area contributed by atoms with Gasteiger partial charge in [-0.15, -0.1) is 0 Å². The summed E-state index contributed by atoms with van der Waals surface area (Å²) in [5.41, 5.74) is 5.08. The van der Waals surface area contributed by atoms with Gasteiger partial charge in [0.15, 0.2) is 0 Å². The maximum absolute atomic E-state index is 9.49. The molecule has 1 fully saturated rings. The highest BCUT2D eigenvalue weighted by Gasteiger charge is 2.48. The Balaban J connectivity index is 1.63. The van der Waals surface area contributed by atoms with Crippen molar-refractivity contribution in [3.63, 3.8) is 0 Å². The van der Waals surface area contributed by atoms with Crippen molar-refractivity contribution < 1.29 is 0 Å². The highest BCUT2D eigenvalue weighted by molar-refractivity contribution is 7.97. The van der Waals surface area contributed by atoms with E-state index in [1.54, 1.807) is 6.33 Å². The second kappa shape index (κ2) is 6.36. The zero-order valence-corrected chi connectivity index (χ0v) is 16.1. The van der Waals surface area contributed by atoms with Gasteiger partial charge in [0.05, 0.1) is 12.5 Å². The van der Waals surface area contributed by atoms with E-state index in [0.717, 1.165) is 60.5 Å². The molecule has 7 nitrogen and oxygen atoms in total. The number of H-pyrrole nitrogens is 1. The molecule has 0 atom stereocenters. The smallest absolute Gasteiger partial charge is 0.141 e. The molecule has 8 heteroatoms. The predicted octanol–water partition coefficient (Wildman–Crippen LogP) is 2.90. The summed E-state index contributed by atoms with van der Waals surface area (Å²) in [7, 11) is 0. The Morgan fingerprint density at radius 3 is 3.00 bits per heavy atom. The molecule has 0 saturated carbocycles. The van der Waals surface area contributed by atoms with Gasteiger partial charge in [-0.05, 0) is 25.3 Å². The van der Waals surface area contributed by atoms with Crippen LogP contribution in [0.5, 0.6) is 0 Å². The molecule has 1 saturated heterocycles. The van der Waals surface area contributed by atoms with Gasteiger partial charge in [0.1, 0.15) is 28.9 Å². The molecule has 0 unspecified atom stereocenters. The first-order chi connectivity index (χ1) is 13.3. The third-order valence-corrected chi connectivity index (χ3v) is 6.50. The number of nitrogens with zero attached hydrogens (tertiary/aromatic N) is 6. The van der Waals surface area contributed by atoms with E-state index in [0.29, 0.717) is 6.42 Å². The maximum atomic E-state index is 9.49. The summed E-state index contributed by atoms with van der Waals surface area (Å²) in [5, 5.41) is 15.6. The lowest BCUT2D eigenvalue weighted by atomic mass is 9.89. The predicted molar refractivity (Wildman–Crippen MR) is 105 cm³/mol. The molecule has 0 amide bonds. The number of hydrogen-bond donors (Lipinski definition) is 1. The van der Waals surface area contributed by atoms with Gasteiger partial charge in [-0.3, -0.25) is 4.68 Å². The molecule has 0 bridgehead atoms. The summed E-state index contributed by atoms with van der Waals surface area (Å²) in [5.74, 6) is 1.05. The van der Waals surface area contributed by atoms with E-state index < -0.39 is 0 Å². The second-order valence-corrected chi connectivity index (χ2v) is 8.63. The van der Waals surface area contributed by atoms with Crippen molar-refractivity contribution in [2.45, 2.75) is 38.1 Å². The lowest BCUT2D eigenvalue weighted by Crippen LogP contribution is -2.60. The largest absolute Gasteiger partial charge is 0.346 e. The average Bonchev–Trinajstić information content (AvgIpc) is 3.35. The minimum atomic E-state index is -0.214. The normalized spacial score (nSPS) is 18.4. The van der Waals surface area contributed by atoms with Crippen LogP contribution in [0.2, 0.25) is 0 Å². The molecule has 1 aliphatic heterocycles. The van der Waals surface area contributed by atoms with E-state index in [1.807, 2.05) is 24.2 Å². The monoisotopic (exact) mass is 379 g/mol. The number of fused-ring (bicyclic) bond motifs is 2. The van der Waals surface area contributed by atoms with Gasteiger partial charge >= 0.3 is 0 Å². The Morgan fingerprint density at radius 2 is 2.19 bits per heavy atom. The van der Waals surface area contributed by atoms with Crippen LogP contribution >= 0.6 is 11.9 Å². The molecular weight excluding hydrogens is 358 g/mol. The van der Waals surface area contributed by atoms with Crippen molar-refractivity contribution in [3.05, 3.63) is 29.8 Å². The van der Waals surface area contributed by atoms with Gasteiger partial charge in [-0.25, -0.2) is 14.3 Å². The minimum Gasteiger partial charge on any atom is -0.346 e. The van der Waals surface area contributed by atoms with Gasteiger partial charge in [0.2, 0.25) is 0 Å². The zero-order valence-electron chi connectivity index (χ0n) is 15.3. The molecule has 5 rings (SSSR count). The standard InChI is InChI=1S/C19H21N7S/c1-2-27-25-10-19(11-25,7-8-20)26-15-5-3-4-13(15)17(24-26)16-14-6-9-21-18(14)23-12-22-16/h6,9,12H,2-5,7,10-11H2,1H3,(H,21,22,23). The topological polar surface area (TPSA) is 86.4 Å². The van der Waals surface area contributed by atoms with Gasteiger partial charge in [0, 0.05) is 41.7 Å². The fourth-order valence-corrected chi connectivity index (χ4v) is 5.46. The lowest BCUT2D eigenvalue weighted by Gasteiger charge is -2.48. The Kier molecular flexibility index (Phi) is 3.95. The van der Waals surface area contributed by atoms with Crippen LogP contribution in [0.15, 0.2) is 18.6 Å². The summed E-state index contributed by atoms with van der Waals surface area (Å²) in [6.07, 6.45) is 7.17. The van der Waals surface area contributed by atoms with Crippen LogP contribution in [0.3, 0.4) is 0 Å². The zero-order chi connectivity index (χ0) is 18.4. The first-order valence-corrected chi connectivity index (χ1v) is 10.3. The molecule has 1 N–H and O–H groups in total. The SMILES string of the molecule is CCSN1CC(CC#N)(n2nc(-c3ncnc4[nH]ccc34)c3c2CCC3)C1. The molecule has 27 heavy (non-hydrogen) atoms. The van der Waals surface area contributed by atoms with Crippen molar-refractivity contribution in [2.75, 3.05) is 18.8 Å². The number of nitrogens with one attached hydrogen (secondary N) is 1. The fourth-order valence-electron chi connectivity index (χ4n) is 4.43. The Bertz CT molecular complexity index is 1040. The van der Waals surface area contributed by atoms with Crippen LogP contribution in [-0.4, -0.2) is 47.9 Å². The number of hydrogen-bond acceptors (Lipinski definition) is 6. The molecule has 3 aromatic heterocycles. The Morgan fingerprint density at radius 1 is 1.30 bits per heavy atom. The third kappa shape index (κ3) is 2.49. The molecule has 4 heterocycles. The van der Waals surface area contributed by atoms with Crippen molar-refractivity contribution >= 4 is 23.0 Å². The highest BCUT2D eigenvalue weighted by atomic mass is 32.2. The van der Waals surface area contributed by atoms with Gasteiger partial charge < -0.3 is 4.98 Å². The maximum Gasteiger partial charge on any atom is 0.141 e. The number of aromatic amines is 1. The second-order valence-electron chi connectivity index (χ2n) is 7.28. The van der Waals surface area contributed by atoms with E-state index in [-0.39, 0.29) is 5.54 Å². The van der Waals surface area contributed by atoms with E-state index in [9.17, 15) is 5.26 Å². The Labute approximate surface area is 161 Å². The van der Waals surface area contributed by atoms with Crippen LogP contribution < -0.4 is 0 Å². The Hall–Kier alpha value is -2.37. The van der Waals surface area contributed by atoms with Crippen molar-refractivity contribution in [1.82, 2.24) is 29.0 Å². The first kappa shape index (κ1) is 16.8. The highest BCUT2D eigenvalue weighted by Crippen LogP contribution is 2.42. The minimum absolute atomic E-state index is 0.214. The summed E-state index contributed by atoms with van der Waals surface area (Å²) >= 11 is 1.84. The summed E-state index contributed by atoms with van der Waals surface area (Å²) in [6.45, 7) is 3.90. The van der Waals surface area contributed by atoms with Crippen LogP contribution in [0.4, 0.5) is 0 Å². The molecule has 3 aromatic rings. The lowest BCUT2D eigenvalue weighted by molar-refractivity contribution is 0.0784. The van der Waals surface area contributed by atoms with E-state index in [1.165, 1.54) is 11.3 Å². The molecule has 2 aliphatic rings. The van der Waals surface area contributed by atoms with Crippen LogP contribution in [-0.2, 0) is 18.4 Å². The fraction of sp³-hybridized carbons (Fsp3) is 0.474. The number of aromatic nitrogens is 5. The van der Waals surface area contributed by atoms with E-state index in [4.69, 9.17) is 5.10 Å². The third-order valence-electron chi connectivity index (χ3n) is 5.62. The van der Waals surface area contributed by atoms with Crippen molar-refractivity contribution in [1.29, 1.82) is 5.26 Å². The molecule has 0 radical (unpaired) electrons. The van der Waals surface area contributed by atoms with Crippen LogP contribution in [0.1, 0.15) is 31.0 Å². The van der Waals surface area contributed by atoms with Gasteiger partial charge in [-0.1, -0.05) is 18.9 Å². The average molecular weight is 379 g/mol. The van der Waals surface area contributed by atoms with Gasteiger partial charge in [-0.2, -0.15) is 10.4 Å². The molecule has 0 spiro atoms. The summed E-state index contributed by atoms with van der Waals surface area (Å²) in [6, 6.07) is 4.42. The first-order valence-electron chi connectivity index (χ1n) is 9.40. The molecule has 1 aliphatic carbocycles. The van der Waals surface area contributed by atoms with E-state index >= 15 is 0 Å².